The van der Waals surface area contributed by atoms with Gasteiger partial charge in [-0.25, -0.2) is 8.42 Å². The van der Waals surface area contributed by atoms with Crippen LogP contribution in [-0.4, -0.2) is 81.7 Å². The summed E-state index contributed by atoms with van der Waals surface area (Å²) >= 11 is 0. The first kappa shape index (κ1) is 16.9. The maximum absolute atomic E-state index is 12.0. The third-order valence-electron chi connectivity index (χ3n) is 4.46. The van der Waals surface area contributed by atoms with Crippen molar-refractivity contribution in [2.24, 2.45) is 0 Å². The summed E-state index contributed by atoms with van der Waals surface area (Å²) in [5.74, 6) is 0.622. The van der Waals surface area contributed by atoms with Crippen molar-refractivity contribution < 1.29 is 13.2 Å². The molecule has 0 aromatic rings. The van der Waals surface area contributed by atoms with Crippen LogP contribution in [0.25, 0.3) is 0 Å². The van der Waals surface area contributed by atoms with Crippen molar-refractivity contribution in [2.45, 2.75) is 32.4 Å². The van der Waals surface area contributed by atoms with Crippen LogP contribution < -0.4 is 0 Å². The lowest BCUT2D eigenvalue weighted by molar-refractivity contribution is 0.0303. The molecule has 2 aliphatic rings. The molecule has 0 radical (unpaired) electrons. The fraction of sp³-hybridized carbons (Fsp3) is 0.867. The molecular weight excluding hydrogens is 288 g/mol. The smallest absolute Gasteiger partial charge is 0.153 e. The Morgan fingerprint density at radius 2 is 1.71 bits per heavy atom. The minimum absolute atomic E-state index is 0.144. The Morgan fingerprint density at radius 3 is 2.24 bits per heavy atom. The van der Waals surface area contributed by atoms with E-state index in [9.17, 15) is 8.42 Å². The molecule has 2 heterocycles. The van der Waals surface area contributed by atoms with E-state index in [4.69, 9.17) is 4.74 Å². The number of allylic oxidation sites excluding steroid dienone is 1. The first-order valence-corrected chi connectivity index (χ1v) is 9.56. The summed E-state index contributed by atoms with van der Waals surface area (Å²) in [7, 11) is -1.21. The zero-order chi connectivity index (χ0) is 15.5. The van der Waals surface area contributed by atoms with E-state index in [1.54, 1.807) is 7.11 Å². The molecule has 2 rings (SSSR count). The topological polar surface area (TPSA) is 49.9 Å². The van der Waals surface area contributed by atoms with Gasteiger partial charge in [0.05, 0.1) is 18.1 Å². The van der Waals surface area contributed by atoms with E-state index in [0.717, 1.165) is 32.6 Å². The minimum atomic E-state index is -2.90. The van der Waals surface area contributed by atoms with E-state index < -0.39 is 9.84 Å². The molecule has 2 atom stereocenters. The number of ether oxygens (including phenoxy) is 1. The summed E-state index contributed by atoms with van der Waals surface area (Å²) in [5, 5.41) is 0. The largest absolute Gasteiger partial charge is 0.383 e. The van der Waals surface area contributed by atoms with Crippen LogP contribution in [0.15, 0.2) is 11.6 Å². The van der Waals surface area contributed by atoms with E-state index in [1.165, 1.54) is 5.57 Å². The monoisotopic (exact) mass is 316 g/mol. The molecule has 0 N–H and O–H groups in total. The number of rotatable bonds is 6. The number of fused-ring (bicyclic) bond motifs is 1. The average molecular weight is 316 g/mol. The molecule has 2 aliphatic heterocycles. The second-order valence-corrected chi connectivity index (χ2v) is 8.50. The Balaban J connectivity index is 2.02. The third-order valence-corrected chi connectivity index (χ3v) is 6.16. The lowest BCUT2D eigenvalue weighted by Crippen LogP contribution is -2.59. The zero-order valence-electron chi connectivity index (χ0n) is 13.4. The molecule has 0 amide bonds. The van der Waals surface area contributed by atoms with E-state index in [0.29, 0.717) is 18.1 Å². The van der Waals surface area contributed by atoms with E-state index >= 15 is 0 Å². The predicted octanol–water partition coefficient (Wildman–Crippen LogP) is 0.772. The van der Waals surface area contributed by atoms with Crippen LogP contribution in [0.5, 0.6) is 0 Å². The van der Waals surface area contributed by atoms with Crippen LogP contribution in [0.1, 0.15) is 20.3 Å². The van der Waals surface area contributed by atoms with E-state index in [-0.39, 0.29) is 12.1 Å². The molecule has 0 aromatic heterocycles. The first-order chi connectivity index (χ1) is 9.93. The number of sulfone groups is 1. The standard InChI is InChI=1S/C15H28N2O3S/c1-13(2)5-4-6-16-7-8-17(9-10-20-3)15-12-21(18,19)11-14(15)16/h5,14-15H,4,6-12H2,1-3H3/t14-,15+/m1/s1. The van der Waals surface area contributed by atoms with Crippen LogP contribution >= 0.6 is 0 Å². The zero-order valence-corrected chi connectivity index (χ0v) is 14.2. The maximum atomic E-state index is 12.0. The molecule has 0 saturated carbocycles. The van der Waals surface area contributed by atoms with Gasteiger partial charge in [-0.2, -0.15) is 0 Å². The fourth-order valence-corrected chi connectivity index (χ4v) is 5.42. The molecule has 122 valence electrons. The van der Waals surface area contributed by atoms with Crippen LogP contribution in [-0.2, 0) is 14.6 Å². The van der Waals surface area contributed by atoms with Crippen LogP contribution in [0, 0.1) is 0 Å². The highest BCUT2D eigenvalue weighted by Gasteiger charge is 2.45. The molecular formula is C15H28N2O3S. The Morgan fingerprint density at radius 1 is 1.14 bits per heavy atom. The number of nitrogens with zero attached hydrogens (tertiary/aromatic N) is 2. The molecule has 6 heteroatoms. The molecule has 5 nitrogen and oxygen atoms in total. The molecule has 0 aliphatic carbocycles. The van der Waals surface area contributed by atoms with Crippen molar-refractivity contribution in [2.75, 3.05) is 51.4 Å². The molecule has 0 unspecified atom stereocenters. The van der Waals surface area contributed by atoms with Crippen LogP contribution in [0.2, 0.25) is 0 Å². The van der Waals surface area contributed by atoms with Gasteiger partial charge < -0.3 is 4.74 Å². The van der Waals surface area contributed by atoms with Gasteiger partial charge >= 0.3 is 0 Å². The second-order valence-electron chi connectivity index (χ2n) is 6.35. The first-order valence-electron chi connectivity index (χ1n) is 7.74. The number of hydrogen-bond acceptors (Lipinski definition) is 5. The van der Waals surface area contributed by atoms with Crippen LogP contribution in [0.3, 0.4) is 0 Å². The predicted molar refractivity (Wildman–Crippen MR) is 85.3 cm³/mol. The molecule has 0 bridgehead atoms. The van der Waals surface area contributed by atoms with Gasteiger partial charge in [-0.3, -0.25) is 9.80 Å². The summed E-state index contributed by atoms with van der Waals surface area (Å²) in [6.45, 7) is 8.55. The van der Waals surface area contributed by atoms with Crippen molar-refractivity contribution in [3.8, 4) is 0 Å². The summed E-state index contributed by atoms with van der Waals surface area (Å²) in [6.07, 6.45) is 3.24. The maximum Gasteiger partial charge on any atom is 0.153 e. The Hall–Kier alpha value is -0.430. The van der Waals surface area contributed by atoms with Gasteiger partial charge in [-0.05, 0) is 20.3 Å². The van der Waals surface area contributed by atoms with Crippen molar-refractivity contribution >= 4 is 9.84 Å². The number of hydrogen-bond donors (Lipinski definition) is 0. The van der Waals surface area contributed by atoms with Gasteiger partial charge in [-0.1, -0.05) is 11.6 Å². The highest BCUT2D eigenvalue weighted by Crippen LogP contribution is 2.27. The molecule has 2 fully saturated rings. The van der Waals surface area contributed by atoms with E-state index in [1.807, 2.05) is 0 Å². The highest BCUT2D eigenvalue weighted by atomic mass is 32.2. The highest BCUT2D eigenvalue weighted by molar-refractivity contribution is 7.91. The normalized spacial score (nSPS) is 29.3. The Labute approximate surface area is 128 Å². The van der Waals surface area contributed by atoms with Gasteiger partial charge in [-0.15, -0.1) is 0 Å². The summed E-state index contributed by atoms with van der Waals surface area (Å²) in [5.41, 5.74) is 1.32. The van der Waals surface area contributed by atoms with Gasteiger partial charge in [0, 0.05) is 45.4 Å². The Bertz CT molecular complexity index is 471. The lowest BCUT2D eigenvalue weighted by Gasteiger charge is -2.43. The van der Waals surface area contributed by atoms with Gasteiger partial charge in [0.2, 0.25) is 0 Å². The van der Waals surface area contributed by atoms with Gasteiger partial charge in [0.25, 0.3) is 0 Å². The summed E-state index contributed by atoms with van der Waals surface area (Å²) in [4.78, 5) is 4.67. The quantitative estimate of drug-likeness (QED) is 0.678. The summed E-state index contributed by atoms with van der Waals surface area (Å²) < 4.78 is 29.2. The number of piperazine rings is 1. The van der Waals surface area contributed by atoms with Crippen molar-refractivity contribution in [3.05, 3.63) is 11.6 Å². The summed E-state index contributed by atoms with van der Waals surface area (Å²) in [6, 6.07) is 0.303. The second kappa shape index (κ2) is 7.22. The average Bonchev–Trinajstić information content (AvgIpc) is 2.72. The third kappa shape index (κ3) is 4.52. The van der Waals surface area contributed by atoms with Gasteiger partial charge in [0.15, 0.2) is 9.84 Å². The fourth-order valence-electron chi connectivity index (χ4n) is 3.38. The van der Waals surface area contributed by atoms with Crippen LogP contribution in [0.4, 0.5) is 0 Å². The van der Waals surface area contributed by atoms with E-state index in [2.05, 4.69) is 29.7 Å². The molecule has 0 aromatic carbocycles. The Kier molecular flexibility index (Phi) is 5.82. The molecule has 0 spiro atoms. The molecule has 21 heavy (non-hydrogen) atoms. The van der Waals surface area contributed by atoms with Gasteiger partial charge in [0.1, 0.15) is 0 Å². The van der Waals surface area contributed by atoms with Crippen molar-refractivity contribution in [1.29, 1.82) is 0 Å². The molecule has 2 saturated heterocycles. The SMILES string of the molecule is COCCN1CCN(CCC=C(C)C)[C@@H]2CS(=O)(=O)C[C@@H]21. The lowest BCUT2D eigenvalue weighted by atomic mass is 10.0. The number of methoxy groups -OCH3 is 1. The minimum Gasteiger partial charge on any atom is -0.383 e. The van der Waals surface area contributed by atoms with Crippen molar-refractivity contribution in [3.63, 3.8) is 0 Å². The van der Waals surface area contributed by atoms with Crippen molar-refractivity contribution in [1.82, 2.24) is 9.80 Å².